The molecule has 0 radical (unpaired) electrons. The number of hydrogen-bond donors (Lipinski definition) is 2. The van der Waals surface area contributed by atoms with E-state index in [4.69, 9.17) is 22.4 Å². The summed E-state index contributed by atoms with van der Waals surface area (Å²) in [5.41, 5.74) is 6.45. The predicted octanol–water partition coefficient (Wildman–Crippen LogP) is 1.69. The van der Waals surface area contributed by atoms with Crippen LogP contribution < -0.4 is 5.73 Å². The molecule has 1 rings (SSSR count). The van der Waals surface area contributed by atoms with Gasteiger partial charge in [0.2, 0.25) is 0 Å². The average Bonchev–Trinajstić information content (AvgIpc) is 2.17. The number of pyridine rings is 1. The molecule has 0 aliphatic rings. The van der Waals surface area contributed by atoms with Crippen LogP contribution in [0.1, 0.15) is 5.56 Å². The lowest BCUT2D eigenvalue weighted by atomic mass is 10.0. The molecule has 0 fully saturated rings. The summed E-state index contributed by atoms with van der Waals surface area (Å²) in [5, 5.41) is 9.57. The van der Waals surface area contributed by atoms with Crippen molar-refractivity contribution in [3.63, 3.8) is 0 Å². The quantitative estimate of drug-likeness (QED) is 0.878. The van der Waals surface area contributed by atoms with Crippen molar-refractivity contribution in [1.29, 1.82) is 0 Å². The van der Waals surface area contributed by atoms with Gasteiger partial charge in [0, 0.05) is 19.0 Å². The van der Waals surface area contributed by atoms with E-state index in [1.54, 1.807) is 12.4 Å². The van der Waals surface area contributed by atoms with Crippen LogP contribution in [-0.2, 0) is 6.42 Å². The van der Waals surface area contributed by atoms with Crippen LogP contribution in [0.5, 0.6) is 0 Å². The minimum Gasteiger partial charge on any atom is -0.396 e. The van der Waals surface area contributed by atoms with Crippen molar-refractivity contribution < 1.29 is 5.11 Å². The maximum atomic E-state index is 8.94. The zero-order valence-corrected chi connectivity index (χ0v) is 10.5. The van der Waals surface area contributed by atoms with Crippen molar-refractivity contribution in [2.75, 3.05) is 13.2 Å². The Kier molecular flexibility index (Phi) is 10.6. The molecule has 0 aliphatic heterocycles. The molecule has 0 bridgehead atoms. The van der Waals surface area contributed by atoms with Gasteiger partial charge < -0.3 is 10.8 Å². The Morgan fingerprint density at radius 1 is 1.47 bits per heavy atom. The number of nitrogens with two attached hydrogens (primary N) is 1. The Morgan fingerprint density at radius 3 is 2.60 bits per heavy atom. The van der Waals surface area contributed by atoms with Crippen LogP contribution in [0, 0.1) is 5.92 Å². The van der Waals surface area contributed by atoms with E-state index in [2.05, 4.69) is 4.98 Å². The van der Waals surface area contributed by atoms with E-state index in [-0.39, 0.29) is 37.3 Å². The summed E-state index contributed by atoms with van der Waals surface area (Å²) in [6, 6.07) is 1.85. The summed E-state index contributed by atoms with van der Waals surface area (Å²) in [6.45, 7) is 0.560. The van der Waals surface area contributed by atoms with Gasteiger partial charge in [0.05, 0.1) is 5.02 Å². The first-order valence-electron chi connectivity index (χ1n) is 4.17. The third-order valence-electron chi connectivity index (χ3n) is 1.96. The summed E-state index contributed by atoms with van der Waals surface area (Å²) < 4.78 is 0. The summed E-state index contributed by atoms with van der Waals surface area (Å²) in [4.78, 5) is 3.88. The number of rotatable bonds is 4. The first-order valence-corrected chi connectivity index (χ1v) is 4.55. The fraction of sp³-hybridized carbons (Fsp3) is 0.444. The van der Waals surface area contributed by atoms with Gasteiger partial charge in [-0.25, -0.2) is 0 Å². The van der Waals surface area contributed by atoms with Crippen LogP contribution in [0.4, 0.5) is 0 Å². The molecule has 3 N–H and O–H groups in total. The molecule has 1 unspecified atom stereocenters. The van der Waals surface area contributed by atoms with Gasteiger partial charge in [0.1, 0.15) is 0 Å². The van der Waals surface area contributed by atoms with Gasteiger partial charge in [-0.1, -0.05) is 11.6 Å². The molecule has 0 saturated carbocycles. The summed E-state index contributed by atoms with van der Waals surface area (Å²) >= 11 is 5.90. The Bertz CT molecular complexity index is 269. The van der Waals surface area contributed by atoms with Crippen molar-refractivity contribution in [1.82, 2.24) is 4.98 Å². The lowest BCUT2D eigenvalue weighted by Gasteiger charge is -2.11. The van der Waals surface area contributed by atoms with Gasteiger partial charge in [0.15, 0.2) is 0 Å². The third kappa shape index (κ3) is 5.54. The first kappa shape index (κ1) is 17.3. The van der Waals surface area contributed by atoms with Gasteiger partial charge in [-0.05, 0) is 30.5 Å². The van der Waals surface area contributed by atoms with Crippen LogP contribution in [-0.4, -0.2) is 23.2 Å². The Labute approximate surface area is 107 Å². The van der Waals surface area contributed by atoms with Gasteiger partial charge >= 0.3 is 0 Å². The van der Waals surface area contributed by atoms with Gasteiger partial charge in [-0.15, -0.1) is 24.8 Å². The second-order valence-electron chi connectivity index (χ2n) is 2.96. The van der Waals surface area contributed by atoms with E-state index in [9.17, 15) is 0 Å². The van der Waals surface area contributed by atoms with Crippen LogP contribution >= 0.6 is 36.4 Å². The molecule has 15 heavy (non-hydrogen) atoms. The van der Waals surface area contributed by atoms with Crippen LogP contribution in [0.2, 0.25) is 5.02 Å². The standard InChI is InChI=1S/C9H13ClN2O.2ClH/c10-9-5-12-2-1-8(9)3-7(4-11)6-13;;/h1-2,5,7,13H,3-4,6,11H2;2*1H. The van der Waals surface area contributed by atoms with Gasteiger partial charge in [-0.2, -0.15) is 0 Å². The zero-order chi connectivity index (χ0) is 9.68. The molecule has 88 valence electrons. The minimum atomic E-state index is 0. The van der Waals surface area contributed by atoms with Crippen molar-refractivity contribution in [2.24, 2.45) is 11.7 Å². The highest BCUT2D eigenvalue weighted by atomic mass is 35.5. The highest BCUT2D eigenvalue weighted by molar-refractivity contribution is 6.31. The maximum Gasteiger partial charge on any atom is 0.0621 e. The second kappa shape index (κ2) is 9.19. The van der Waals surface area contributed by atoms with Crippen LogP contribution in [0.25, 0.3) is 0 Å². The Hall–Kier alpha value is -0.0600. The number of hydrogen-bond acceptors (Lipinski definition) is 3. The molecule has 6 heteroatoms. The van der Waals surface area contributed by atoms with E-state index in [0.29, 0.717) is 18.0 Å². The maximum absolute atomic E-state index is 8.94. The van der Waals surface area contributed by atoms with E-state index >= 15 is 0 Å². The van der Waals surface area contributed by atoms with Crippen molar-refractivity contribution >= 4 is 36.4 Å². The molecule has 1 aromatic heterocycles. The highest BCUT2D eigenvalue weighted by Crippen LogP contribution is 2.16. The Morgan fingerprint density at radius 2 is 2.13 bits per heavy atom. The Balaban J connectivity index is 0. The van der Waals surface area contributed by atoms with Crippen LogP contribution in [0.15, 0.2) is 18.5 Å². The van der Waals surface area contributed by atoms with E-state index in [1.807, 2.05) is 6.07 Å². The van der Waals surface area contributed by atoms with Gasteiger partial charge in [-0.3, -0.25) is 4.98 Å². The number of halogens is 3. The average molecular weight is 274 g/mol. The van der Waals surface area contributed by atoms with E-state index in [0.717, 1.165) is 5.56 Å². The molecular weight excluding hydrogens is 258 g/mol. The SMILES string of the molecule is Cl.Cl.NCC(CO)Cc1ccncc1Cl. The molecule has 1 atom stereocenters. The number of nitrogens with zero attached hydrogens (tertiary/aromatic N) is 1. The predicted molar refractivity (Wildman–Crippen MR) is 67.1 cm³/mol. The monoisotopic (exact) mass is 272 g/mol. The summed E-state index contributed by atoms with van der Waals surface area (Å²) in [5.74, 6) is 0.0832. The smallest absolute Gasteiger partial charge is 0.0621 e. The molecule has 1 heterocycles. The molecule has 0 spiro atoms. The largest absolute Gasteiger partial charge is 0.396 e. The number of aromatic nitrogens is 1. The summed E-state index contributed by atoms with van der Waals surface area (Å²) in [6.07, 6.45) is 3.99. The molecule has 3 nitrogen and oxygen atoms in total. The van der Waals surface area contributed by atoms with Crippen LogP contribution in [0.3, 0.4) is 0 Å². The topological polar surface area (TPSA) is 59.1 Å². The van der Waals surface area contributed by atoms with Crippen molar-refractivity contribution in [2.45, 2.75) is 6.42 Å². The van der Waals surface area contributed by atoms with Gasteiger partial charge in [0.25, 0.3) is 0 Å². The molecule has 0 amide bonds. The molecule has 1 aromatic rings. The normalized spacial score (nSPS) is 11.1. The second-order valence-corrected chi connectivity index (χ2v) is 3.36. The third-order valence-corrected chi connectivity index (χ3v) is 2.30. The number of aliphatic hydroxyl groups excluding tert-OH is 1. The fourth-order valence-corrected chi connectivity index (χ4v) is 1.30. The number of aliphatic hydroxyl groups is 1. The molecule has 0 saturated heterocycles. The minimum absolute atomic E-state index is 0. The van der Waals surface area contributed by atoms with E-state index in [1.165, 1.54) is 0 Å². The molecule has 0 aliphatic carbocycles. The first-order chi connectivity index (χ1) is 6.27. The van der Waals surface area contributed by atoms with Crippen molar-refractivity contribution in [3.8, 4) is 0 Å². The van der Waals surface area contributed by atoms with E-state index < -0.39 is 0 Å². The molecule has 0 aromatic carbocycles. The lowest BCUT2D eigenvalue weighted by Crippen LogP contribution is -2.20. The molecular formula is C9H15Cl3N2O. The fourth-order valence-electron chi connectivity index (χ4n) is 1.10. The van der Waals surface area contributed by atoms with Crippen molar-refractivity contribution in [3.05, 3.63) is 29.0 Å². The summed E-state index contributed by atoms with van der Waals surface area (Å²) in [7, 11) is 0. The lowest BCUT2D eigenvalue weighted by molar-refractivity contribution is 0.230. The highest BCUT2D eigenvalue weighted by Gasteiger charge is 2.08. The zero-order valence-electron chi connectivity index (χ0n) is 8.10.